The second-order valence-electron chi connectivity index (χ2n) is 6.46. The van der Waals surface area contributed by atoms with Crippen LogP contribution in [0, 0.1) is 10.1 Å². The average molecular weight is 372 g/mol. The third kappa shape index (κ3) is 5.77. The number of nitro benzene ring substituents is 1. The zero-order valence-corrected chi connectivity index (χ0v) is 15.5. The summed E-state index contributed by atoms with van der Waals surface area (Å²) < 4.78 is 5.56. The number of amides is 1. The lowest BCUT2D eigenvalue weighted by Crippen LogP contribution is -2.34. The van der Waals surface area contributed by atoms with Crippen molar-refractivity contribution in [3.63, 3.8) is 0 Å². The maximum atomic E-state index is 12.0. The predicted octanol–water partition coefficient (Wildman–Crippen LogP) is 3.93. The van der Waals surface area contributed by atoms with Crippen LogP contribution >= 0.6 is 0 Å². The Morgan fingerprint density at radius 2 is 2.00 bits per heavy atom. The van der Waals surface area contributed by atoms with Gasteiger partial charge in [0.25, 0.3) is 5.91 Å². The number of ether oxygens (including phenoxy) is 1. The molecule has 1 saturated heterocycles. The van der Waals surface area contributed by atoms with Gasteiger partial charge < -0.3 is 10.1 Å². The van der Waals surface area contributed by atoms with Gasteiger partial charge in [0.05, 0.1) is 23.5 Å². The highest BCUT2D eigenvalue weighted by molar-refractivity contribution is 6.25. The lowest BCUT2D eigenvalue weighted by molar-refractivity contribution is -0.385. The Hall–Kier alpha value is -2.96. The number of benzene rings is 1. The highest BCUT2D eigenvalue weighted by Crippen LogP contribution is 2.29. The minimum atomic E-state index is -0.550. The molecular weight excluding hydrogens is 348 g/mol. The van der Waals surface area contributed by atoms with Gasteiger partial charge in [0.15, 0.2) is 11.5 Å². The molecule has 27 heavy (non-hydrogen) atoms. The number of allylic oxidation sites excluding steroid dienone is 1. The van der Waals surface area contributed by atoms with Crippen LogP contribution in [0.3, 0.4) is 0 Å². The van der Waals surface area contributed by atoms with Crippen LogP contribution < -0.4 is 10.1 Å². The van der Waals surface area contributed by atoms with E-state index in [9.17, 15) is 19.7 Å². The van der Waals surface area contributed by atoms with Crippen molar-refractivity contribution in [2.24, 2.45) is 0 Å². The zero-order valence-electron chi connectivity index (χ0n) is 15.5. The quantitative estimate of drug-likeness (QED) is 0.233. The Morgan fingerprint density at radius 3 is 2.67 bits per heavy atom. The predicted molar refractivity (Wildman–Crippen MR) is 102 cm³/mol. The normalized spacial score (nSPS) is 15.7. The fourth-order valence-corrected chi connectivity index (χ4v) is 2.78. The van der Waals surface area contributed by atoms with E-state index in [2.05, 4.69) is 18.8 Å². The van der Waals surface area contributed by atoms with Gasteiger partial charge in [-0.2, -0.15) is 0 Å². The molecule has 1 aromatic rings. The molecular formula is C20H24N2O5. The molecule has 0 aliphatic carbocycles. The molecule has 7 nitrogen and oxygen atoms in total. The summed E-state index contributed by atoms with van der Waals surface area (Å²) in [5.74, 6) is -0.726. The van der Waals surface area contributed by atoms with Crippen LogP contribution in [0.2, 0.25) is 0 Å². The maximum absolute atomic E-state index is 12.0. The molecule has 0 atom stereocenters. The summed E-state index contributed by atoms with van der Waals surface area (Å²) in [5.41, 5.74) is 0.506. The zero-order chi connectivity index (χ0) is 19.8. The molecule has 1 heterocycles. The molecule has 7 heteroatoms. The van der Waals surface area contributed by atoms with Gasteiger partial charge in [-0.3, -0.25) is 19.7 Å². The van der Waals surface area contributed by atoms with Crippen LogP contribution in [0.25, 0.3) is 6.08 Å². The van der Waals surface area contributed by atoms with Crippen molar-refractivity contribution < 1.29 is 19.2 Å². The third-order valence-electron chi connectivity index (χ3n) is 4.21. The van der Waals surface area contributed by atoms with Gasteiger partial charge in [0.1, 0.15) is 0 Å². The van der Waals surface area contributed by atoms with E-state index >= 15 is 0 Å². The maximum Gasteiger partial charge on any atom is 0.311 e. The van der Waals surface area contributed by atoms with Crippen molar-refractivity contribution >= 4 is 23.5 Å². The molecule has 1 N–H and O–H groups in total. The van der Waals surface area contributed by atoms with Crippen molar-refractivity contribution in [1.82, 2.24) is 5.32 Å². The summed E-state index contributed by atoms with van der Waals surface area (Å²) in [6, 6.07) is 4.40. The molecule has 0 spiro atoms. The summed E-state index contributed by atoms with van der Waals surface area (Å²) in [6.45, 7) is 6.12. The Balaban J connectivity index is 2.12. The van der Waals surface area contributed by atoms with Gasteiger partial charge in [-0.1, -0.05) is 45.3 Å². The van der Waals surface area contributed by atoms with Crippen molar-refractivity contribution in [3.05, 3.63) is 51.7 Å². The molecule has 1 amide bonds. The Bertz CT molecular complexity index is 761. The monoisotopic (exact) mass is 372 g/mol. The van der Waals surface area contributed by atoms with E-state index in [0.29, 0.717) is 17.9 Å². The first-order valence-electron chi connectivity index (χ1n) is 9.07. The summed E-state index contributed by atoms with van der Waals surface area (Å²) in [5, 5.41) is 13.9. The Kier molecular flexibility index (Phi) is 7.28. The van der Waals surface area contributed by atoms with Crippen LogP contribution in [-0.2, 0) is 9.59 Å². The molecule has 2 rings (SSSR count). The Labute approximate surface area is 158 Å². The van der Waals surface area contributed by atoms with E-state index in [1.165, 1.54) is 24.6 Å². The number of carbonyl (C=O) groups excluding carboxylic acids is 2. The number of Topliss-reactive ketones (excluding diaryl/α,β-unsaturated/α-hetero) is 1. The van der Waals surface area contributed by atoms with E-state index in [1.54, 1.807) is 6.07 Å². The SMILES string of the molecule is C=C1CC(=O)/C(=C\c2ccc(OCCCCCCC)c([N+](=O)[O-])c2)C(=O)N1. The van der Waals surface area contributed by atoms with E-state index in [4.69, 9.17) is 4.74 Å². The van der Waals surface area contributed by atoms with Gasteiger partial charge in [0.2, 0.25) is 0 Å². The van der Waals surface area contributed by atoms with Crippen molar-refractivity contribution in [3.8, 4) is 5.75 Å². The molecule has 1 fully saturated rings. The standard InChI is InChI=1S/C20H24N2O5/c1-3-4-5-6-7-10-27-19-9-8-15(13-17(19)22(25)26)12-16-18(23)11-14(2)21-20(16)24/h8-9,12-13H,2-7,10-11H2,1H3,(H,21,24)/b16-12+. The number of hydrogen-bond donors (Lipinski definition) is 1. The fourth-order valence-electron chi connectivity index (χ4n) is 2.78. The number of rotatable bonds is 9. The number of piperidine rings is 1. The van der Waals surface area contributed by atoms with Gasteiger partial charge in [-0.25, -0.2) is 0 Å². The smallest absolute Gasteiger partial charge is 0.311 e. The van der Waals surface area contributed by atoms with Gasteiger partial charge in [-0.15, -0.1) is 0 Å². The number of nitrogens with one attached hydrogen (secondary N) is 1. The first kappa shape index (κ1) is 20.4. The highest BCUT2D eigenvalue weighted by atomic mass is 16.6. The highest BCUT2D eigenvalue weighted by Gasteiger charge is 2.25. The minimum absolute atomic E-state index is 0.0267. The lowest BCUT2D eigenvalue weighted by atomic mass is 9.99. The number of nitrogens with zero attached hydrogens (tertiary/aromatic N) is 1. The van der Waals surface area contributed by atoms with Crippen LogP contribution in [0.5, 0.6) is 5.75 Å². The fraction of sp³-hybridized carbons (Fsp3) is 0.400. The number of hydrogen-bond acceptors (Lipinski definition) is 5. The lowest BCUT2D eigenvalue weighted by Gasteiger charge is -2.16. The molecule has 1 aromatic carbocycles. The number of unbranched alkanes of at least 4 members (excludes halogenated alkanes) is 4. The third-order valence-corrected chi connectivity index (χ3v) is 4.21. The van der Waals surface area contributed by atoms with E-state index in [1.807, 2.05) is 0 Å². The average Bonchev–Trinajstić information content (AvgIpc) is 2.61. The summed E-state index contributed by atoms with van der Waals surface area (Å²) >= 11 is 0. The Morgan fingerprint density at radius 1 is 1.26 bits per heavy atom. The van der Waals surface area contributed by atoms with Crippen LogP contribution in [0.1, 0.15) is 51.0 Å². The number of ketones is 1. The first-order chi connectivity index (χ1) is 12.9. The summed E-state index contributed by atoms with van der Waals surface area (Å²) in [6.07, 6.45) is 6.68. The summed E-state index contributed by atoms with van der Waals surface area (Å²) in [4.78, 5) is 34.8. The van der Waals surface area contributed by atoms with E-state index < -0.39 is 10.8 Å². The molecule has 0 saturated carbocycles. The molecule has 0 unspecified atom stereocenters. The minimum Gasteiger partial charge on any atom is -0.487 e. The van der Waals surface area contributed by atoms with Gasteiger partial charge >= 0.3 is 5.69 Å². The van der Waals surface area contributed by atoms with E-state index in [0.717, 1.165) is 25.7 Å². The molecule has 1 aliphatic heterocycles. The van der Waals surface area contributed by atoms with Crippen LogP contribution in [0.4, 0.5) is 5.69 Å². The topological polar surface area (TPSA) is 98.5 Å². The second-order valence-corrected chi connectivity index (χ2v) is 6.46. The van der Waals surface area contributed by atoms with Crippen molar-refractivity contribution in [2.45, 2.75) is 45.4 Å². The summed E-state index contributed by atoms with van der Waals surface area (Å²) in [7, 11) is 0. The largest absolute Gasteiger partial charge is 0.487 e. The number of nitro groups is 1. The molecule has 144 valence electrons. The van der Waals surface area contributed by atoms with E-state index in [-0.39, 0.29) is 29.2 Å². The van der Waals surface area contributed by atoms with Gasteiger partial charge in [-0.05, 0) is 24.1 Å². The van der Waals surface area contributed by atoms with Crippen molar-refractivity contribution in [1.29, 1.82) is 0 Å². The first-order valence-corrected chi connectivity index (χ1v) is 9.07. The van der Waals surface area contributed by atoms with Crippen molar-refractivity contribution in [2.75, 3.05) is 6.61 Å². The number of carbonyl (C=O) groups is 2. The second kappa shape index (κ2) is 9.66. The molecule has 0 radical (unpaired) electrons. The molecule has 1 aliphatic rings. The van der Waals surface area contributed by atoms with Crippen LogP contribution in [0.15, 0.2) is 36.0 Å². The van der Waals surface area contributed by atoms with Crippen LogP contribution in [-0.4, -0.2) is 23.2 Å². The molecule has 0 aromatic heterocycles. The molecule has 0 bridgehead atoms. The van der Waals surface area contributed by atoms with Gasteiger partial charge in [0, 0.05) is 11.8 Å².